The first-order valence-corrected chi connectivity index (χ1v) is 33.8. The Labute approximate surface area is 570 Å². The van der Waals surface area contributed by atoms with Crippen molar-refractivity contribution >= 4 is 108 Å². The molecule has 0 bridgehead atoms. The van der Waals surface area contributed by atoms with Crippen LogP contribution < -0.4 is 5.46 Å². The first-order chi connectivity index (χ1) is 46.0. The van der Waals surface area contributed by atoms with Crippen LogP contribution in [0, 0.1) is 0 Å². The Morgan fingerprint density at radius 1 is 0.323 bits per heavy atom. The third-order valence-corrected chi connectivity index (χ3v) is 21.2. The van der Waals surface area contributed by atoms with Crippen LogP contribution in [0.2, 0.25) is 0 Å². The number of pyridine rings is 2. The average molecular weight is 1330 g/mol. The summed E-state index contributed by atoms with van der Waals surface area (Å²) < 4.78 is 46.6. The molecular formula is C80H76B3BrN6O6. The highest BCUT2D eigenvalue weighted by Crippen LogP contribution is 2.45. The van der Waals surface area contributed by atoms with E-state index in [-0.39, 0.29) is 33.6 Å². The molecule has 14 aromatic rings. The summed E-state index contributed by atoms with van der Waals surface area (Å²) in [6.07, 6.45) is 8.07. The van der Waals surface area contributed by atoms with Crippen LogP contribution in [0.1, 0.15) is 83.1 Å². The van der Waals surface area contributed by atoms with Crippen molar-refractivity contribution in [3.05, 3.63) is 248 Å². The van der Waals surface area contributed by atoms with Crippen LogP contribution in [0.3, 0.4) is 0 Å². The molecule has 12 nitrogen and oxygen atoms in total. The molecule has 0 N–H and O–H groups in total. The molecule has 3 aliphatic rings. The van der Waals surface area contributed by atoms with Crippen molar-refractivity contribution in [2.45, 2.75) is 117 Å². The van der Waals surface area contributed by atoms with E-state index in [9.17, 15) is 0 Å². The fourth-order valence-electron chi connectivity index (χ4n) is 13.3. The quantitative estimate of drug-likeness (QED) is 0.139. The molecule has 0 radical (unpaired) electrons. The molecular weight excluding hydrogens is 1250 g/mol. The smallest absolute Gasteiger partial charge is 0.405 e. The molecule has 9 heterocycles. The van der Waals surface area contributed by atoms with E-state index < -0.39 is 21.1 Å². The fourth-order valence-corrected chi connectivity index (χ4v) is 13.6. The zero-order valence-corrected chi connectivity index (χ0v) is 57.9. The molecule has 3 fully saturated rings. The summed E-state index contributed by atoms with van der Waals surface area (Å²) in [5.74, 6) is 0. The third-order valence-electron chi connectivity index (χ3n) is 20.7. The number of aromatic nitrogens is 6. The van der Waals surface area contributed by atoms with E-state index in [2.05, 4.69) is 292 Å². The van der Waals surface area contributed by atoms with E-state index in [1.807, 2.05) is 73.8 Å². The fraction of sp³-hybridized carbons (Fsp3) is 0.225. The second kappa shape index (κ2) is 23.8. The summed E-state index contributed by atoms with van der Waals surface area (Å²) in [6, 6.07) is 77.3. The highest BCUT2D eigenvalue weighted by molar-refractivity contribution is 9.10. The van der Waals surface area contributed by atoms with Crippen LogP contribution in [0.25, 0.3) is 111 Å². The van der Waals surface area contributed by atoms with Gasteiger partial charge in [-0.05, 0) is 214 Å². The molecule has 3 aliphatic heterocycles. The van der Waals surface area contributed by atoms with Gasteiger partial charge < -0.3 is 46.2 Å². The lowest BCUT2D eigenvalue weighted by Gasteiger charge is -2.32. The second-order valence-corrected chi connectivity index (χ2v) is 29.2. The highest BCUT2D eigenvalue weighted by Gasteiger charge is 2.64. The van der Waals surface area contributed by atoms with Crippen LogP contribution in [0.4, 0.5) is 0 Å². The largest absolute Gasteiger partial charge is 0.496 e. The second-order valence-electron chi connectivity index (χ2n) is 28.3. The summed E-state index contributed by atoms with van der Waals surface area (Å²) >= 11 is 3.49. The lowest BCUT2D eigenvalue weighted by molar-refractivity contribution is 0.00578. The van der Waals surface area contributed by atoms with Gasteiger partial charge in [-0.25, -0.2) is 0 Å². The van der Waals surface area contributed by atoms with E-state index in [1.165, 1.54) is 65.4 Å². The van der Waals surface area contributed by atoms with Crippen LogP contribution in [0.5, 0.6) is 0 Å². The first-order valence-electron chi connectivity index (χ1n) is 33.0. The highest BCUT2D eigenvalue weighted by atomic mass is 79.9. The summed E-state index contributed by atoms with van der Waals surface area (Å²) in [5.41, 5.74) is 14.5. The van der Waals surface area contributed by atoms with Gasteiger partial charge in [0.1, 0.15) is 0 Å². The lowest BCUT2D eigenvalue weighted by atomic mass is 9.49. The van der Waals surface area contributed by atoms with Gasteiger partial charge in [-0.2, -0.15) is 0 Å². The summed E-state index contributed by atoms with van der Waals surface area (Å²) in [7, 11) is -1.38. The molecule has 6 aromatic heterocycles. The maximum Gasteiger partial charge on any atom is 0.496 e. The number of halogens is 1. The van der Waals surface area contributed by atoms with Gasteiger partial charge >= 0.3 is 21.1 Å². The average Bonchev–Trinajstić information content (AvgIpc) is 1.57. The van der Waals surface area contributed by atoms with Gasteiger partial charge in [0.2, 0.25) is 0 Å². The maximum atomic E-state index is 6.24. The molecule has 478 valence electrons. The molecule has 0 spiro atoms. The van der Waals surface area contributed by atoms with E-state index in [0.717, 1.165) is 55.2 Å². The van der Waals surface area contributed by atoms with E-state index in [1.54, 1.807) is 0 Å². The van der Waals surface area contributed by atoms with Gasteiger partial charge in [0.25, 0.3) is 0 Å². The Morgan fingerprint density at radius 3 is 1.04 bits per heavy atom. The predicted octanol–water partition coefficient (Wildman–Crippen LogP) is 18.9. The van der Waals surface area contributed by atoms with Crippen molar-refractivity contribution in [1.82, 2.24) is 28.2 Å². The van der Waals surface area contributed by atoms with Crippen molar-refractivity contribution in [2.24, 2.45) is 0 Å². The molecule has 0 unspecified atom stereocenters. The summed E-state index contributed by atoms with van der Waals surface area (Å²) in [6.45, 7) is 24.5. The molecule has 0 aliphatic carbocycles. The minimum Gasteiger partial charge on any atom is -0.405 e. The molecule has 3 saturated heterocycles. The standard InChI is InChI=1S/C37H32BN3O2.C31H20BrN3.C12H24B2O4/c1-36(2)37(3,4)43-38(42-36)26-16-18-32(39-24-26)25-15-19-34-31(23-25)29-17-20-33-30(21-22-40(33)27-11-7-5-8-12-27)35(29)41(34)28-13-9-6-10-14-28;32-22-12-14-28(33-20-22)21-11-15-30-27(19-21)25-13-16-29-26(17-18-34(29)23-7-3-1-4-8-23)31(25)35(30)24-9-5-2-6-10-24;1-9(2)10(3,4)16-13(15-9)14-17-11(5,6)12(7,8)18-14/h5-24H,1-4H3;1-20H;1-8H3. The monoisotopic (exact) mass is 1330 g/mol. The van der Waals surface area contributed by atoms with Gasteiger partial charge in [-0.15, -0.1) is 0 Å². The van der Waals surface area contributed by atoms with Crippen molar-refractivity contribution in [2.75, 3.05) is 0 Å². The molecule has 0 atom stereocenters. The predicted molar refractivity (Wildman–Crippen MR) is 397 cm³/mol. The van der Waals surface area contributed by atoms with Gasteiger partial charge in [0, 0.05) is 101 Å². The van der Waals surface area contributed by atoms with Crippen LogP contribution in [-0.4, -0.2) is 83.0 Å². The van der Waals surface area contributed by atoms with Crippen LogP contribution in [-0.2, 0) is 27.9 Å². The normalized spacial score (nSPS) is 17.4. The van der Waals surface area contributed by atoms with Crippen LogP contribution in [0.15, 0.2) is 248 Å². The SMILES string of the molecule is Brc1ccc(-c2ccc3c(c2)c2ccc4c(ccn4-c4ccccc4)c2n3-c2ccccc2)nc1.CC1(C)OB(B2OC(C)(C)C(C)(C)O2)OC1(C)C.CC1(C)OB(c2ccc(-c3ccc4c(c3)c3ccc5c(ccn5-c5ccccc5)c3n4-c3ccccc3)nc2)OC1(C)C. The number of rotatable bonds is 8. The zero-order chi connectivity index (χ0) is 66.7. The van der Waals surface area contributed by atoms with E-state index >= 15 is 0 Å². The molecule has 16 heteroatoms. The van der Waals surface area contributed by atoms with E-state index in [4.69, 9.17) is 32.9 Å². The minimum atomic E-state index is -0.476. The van der Waals surface area contributed by atoms with E-state index in [0.29, 0.717) is 0 Å². The van der Waals surface area contributed by atoms with Gasteiger partial charge in [0.05, 0.1) is 78.1 Å². The summed E-state index contributed by atoms with van der Waals surface area (Å²) in [5, 5.41) is 7.32. The Hall–Kier alpha value is -8.83. The lowest BCUT2D eigenvalue weighted by Crippen LogP contribution is -2.41. The number of benzene rings is 8. The van der Waals surface area contributed by atoms with Crippen molar-refractivity contribution in [1.29, 1.82) is 0 Å². The Balaban J connectivity index is 0.000000128. The number of fused-ring (bicyclic) bond motifs is 10. The Morgan fingerprint density at radius 2 is 0.677 bits per heavy atom. The topological polar surface area (TPSA) is 101 Å². The molecule has 96 heavy (non-hydrogen) atoms. The Kier molecular flexibility index (Phi) is 15.7. The van der Waals surface area contributed by atoms with Crippen molar-refractivity contribution in [3.63, 3.8) is 0 Å². The van der Waals surface area contributed by atoms with Gasteiger partial charge in [-0.3, -0.25) is 9.97 Å². The van der Waals surface area contributed by atoms with Crippen molar-refractivity contribution in [3.8, 4) is 45.3 Å². The third kappa shape index (κ3) is 11.0. The first kappa shape index (κ1) is 63.2. The molecule has 0 amide bonds. The van der Waals surface area contributed by atoms with Crippen LogP contribution >= 0.6 is 15.9 Å². The minimum absolute atomic E-state index is 0.360. The van der Waals surface area contributed by atoms with Gasteiger partial charge in [0.15, 0.2) is 0 Å². The molecule has 8 aromatic carbocycles. The molecule has 0 saturated carbocycles. The maximum absolute atomic E-state index is 6.24. The van der Waals surface area contributed by atoms with Crippen molar-refractivity contribution < 1.29 is 27.9 Å². The molecule has 17 rings (SSSR count). The zero-order valence-electron chi connectivity index (χ0n) is 56.3. The number of hydrogen-bond donors (Lipinski definition) is 0. The van der Waals surface area contributed by atoms with Gasteiger partial charge in [-0.1, -0.05) is 103 Å². The Bertz CT molecular complexity index is 5140. The summed E-state index contributed by atoms with van der Waals surface area (Å²) in [4.78, 5) is 9.49. The number of nitrogens with zero attached hydrogens (tertiary/aromatic N) is 6. The number of para-hydroxylation sites is 4. The number of hydrogen-bond acceptors (Lipinski definition) is 8.